The lowest BCUT2D eigenvalue weighted by Crippen LogP contribution is -2.35. The van der Waals surface area contributed by atoms with Gasteiger partial charge in [-0.15, -0.1) is 0 Å². The molecule has 1 saturated carbocycles. The molecule has 1 atom stereocenters. The molecule has 1 N–H and O–H groups in total. The van der Waals surface area contributed by atoms with E-state index in [0.29, 0.717) is 31.6 Å². The number of carboxylic acid groups (broad SMARTS) is 1. The average Bonchev–Trinajstić information content (AvgIpc) is 2.54. The molecule has 1 aliphatic carbocycles. The summed E-state index contributed by atoms with van der Waals surface area (Å²) in [4.78, 5) is 23.6. The monoisotopic (exact) mass is 354 g/mol. The van der Waals surface area contributed by atoms with Crippen LogP contribution in [0.25, 0.3) is 0 Å². The summed E-state index contributed by atoms with van der Waals surface area (Å²) in [7, 11) is 0. The average molecular weight is 355 g/mol. The molecule has 25 heavy (non-hydrogen) atoms. The van der Waals surface area contributed by atoms with Gasteiger partial charge < -0.3 is 9.84 Å². The first-order valence-corrected chi connectivity index (χ1v) is 10.2. The fraction of sp³-hybridized carbons (Fsp3) is 0.905. The van der Waals surface area contributed by atoms with Crippen LogP contribution in [0.4, 0.5) is 0 Å². The van der Waals surface area contributed by atoms with E-state index in [1.165, 1.54) is 38.5 Å². The third kappa shape index (κ3) is 8.24. The highest BCUT2D eigenvalue weighted by atomic mass is 16.6. The summed E-state index contributed by atoms with van der Waals surface area (Å²) >= 11 is 0. The zero-order valence-corrected chi connectivity index (χ0v) is 16.7. The van der Waals surface area contributed by atoms with Crippen molar-refractivity contribution in [2.75, 3.05) is 0 Å². The Labute approximate surface area is 153 Å². The summed E-state index contributed by atoms with van der Waals surface area (Å²) in [6.07, 6.45) is 10.7. The van der Waals surface area contributed by atoms with Crippen molar-refractivity contribution in [2.24, 2.45) is 17.8 Å². The van der Waals surface area contributed by atoms with E-state index in [1.54, 1.807) is 0 Å². The number of aliphatic carboxylic acids is 1. The molecular formula is C21H38O4. The van der Waals surface area contributed by atoms with E-state index in [9.17, 15) is 9.59 Å². The van der Waals surface area contributed by atoms with Crippen LogP contribution in [0.5, 0.6) is 0 Å². The van der Waals surface area contributed by atoms with Crippen molar-refractivity contribution < 1.29 is 19.4 Å². The van der Waals surface area contributed by atoms with Gasteiger partial charge in [0.05, 0.1) is 11.8 Å². The quantitative estimate of drug-likeness (QED) is 0.388. The van der Waals surface area contributed by atoms with Crippen LogP contribution in [0.2, 0.25) is 0 Å². The minimum atomic E-state index is -0.735. The fourth-order valence-electron chi connectivity index (χ4n) is 4.11. The second-order valence-corrected chi connectivity index (χ2v) is 8.42. The zero-order chi connectivity index (χ0) is 18.9. The lowest BCUT2D eigenvalue weighted by atomic mass is 9.82. The summed E-state index contributed by atoms with van der Waals surface area (Å²) in [5.74, 6) is -0.662. The minimum absolute atomic E-state index is 0.125. The first kappa shape index (κ1) is 22.0. The Morgan fingerprint density at radius 3 is 2.12 bits per heavy atom. The van der Waals surface area contributed by atoms with E-state index in [1.807, 2.05) is 13.8 Å². The Balaban J connectivity index is 2.48. The van der Waals surface area contributed by atoms with E-state index >= 15 is 0 Å². The molecule has 0 saturated heterocycles. The molecular weight excluding hydrogens is 316 g/mol. The van der Waals surface area contributed by atoms with Gasteiger partial charge in [-0.2, -0.15) is 0 Å². The Kier molecular flexibility index (Phi) is 9.52. The maximum Gasteiger partial charge on any atom is 0.309 e. The number of unbranched alkanes of at least 4 members (excludes halogenated alkanes) is 2. The van der Waals surface area contributed by atoms with Crippen molar-refractivity contribution in [3.63, 3.8) is 0 Å². The maximum atomic E-state index is 12.5. The van der Waals surface area contributed by atoms with Crippen molar-refractivity contribution in [1.29, 1.82) is 0 Å². The predicted octanol–water partition coefficient (Wildman–Crippen LogP) is 5.59. The summed E-state index contributed by atoms with van der Waals surface area (Å²) in [6, 6.07) is 0. The largest absolute Gasteiger partial charge is 0.481 e. The standard InChI is InChI=1S/C21H38O4/c1-5-7-8-10-16(9-6-2)15-21(3,4)25-20(24)18-13-11-17(12-14-18)19(22)23/h16-18H,5-15H2,1-4H3,(H,22,23). The van der Waals surface area contributed by atoms with Crippen LogP contribution in [-0.4, -0.2) is 22.6 Å². The smallest absolute Gasteiger partial charge is 0.309 e. The van der Waals surface area contributed by atoms with Gasteiger partial charge >= 0.3 is 11.9 Å². The number of carboxylic acids is 1. The molecule has 4 heteroatoms. The fourth-order valence-corrected chi connectivity index (χ4v) is 4.11. The van der Waals surface area contributed by atoms with E-state index < -0.39 is 11.6 Å². The van der Waals surface area contributed by atoms with Crippen LogP contribution in [0.15, 0.2) is 0 Å². The number of ether oxygens (including phenoxy) is 1. The number of carbonyl (C=O) groups excluding carboxylic acids is 1. The van der Waals surface area contributed by atoms with Gasteiger partial charge in [-0.1, -0.05) is 52.4 Å². The van der Waals surface area contributed by atoms with E-state index in [0.717, 1.165) is 6.42 Å². The highest BCUT2D eigenvalue weighted by Crippen LogP contribution is 2.33. The second-order valence-electron chi connectivity index (χ2n) is 8.42. The van der Waals surface area contributed by atoms with E-state index in [-0.39, 0.29) is 17.8 Å². The molecule has 1 fully saturated rings. The number of hydrogen-bond acceptors (Lipinski definition) is 3. The molecule has 1 rings (SSSR count). The number of esters is 1. The van der Waals surface area contributed by atoms with Crippen molar-refractivity contribution >= 4 is 11.9 Å². The van der Waals surface area contributed by atoms with Crippen LogP contribution in [0, 0.1) is 17.8 Å². The lowest BCUT2D eigenvalue weighted by Gasteiger charge is -2.33. The molecule has 146 valence electrons. The van der Waals surface area contributed by atoms with Crippen LogP contribution in [0.3, 0.4) is 0 Å². The van der Waals surface area contributed by atoms with Crippen molar-refractivity contribution in [2.45, 2.75) is 104 Å². The first-order chi connectivity index (χ1) is 11.8. The Morgan fingerprint density at radius 1 is 1.00 bits per heavy atom. The first-order valence-electron chi connectivity index (χ1n) is 10.2. The maximum absolute atomic E-state index is 12.5. The van der Waals surface area contributed by atoms with E-state index in [2.05, 4.69) is 13.8 Å². The van der Waals surface area contributed by atoms with Gasteiger partial charge in [-0.3, -0.25) is 9.59 Å². The van der Waals surface area contributed by atoms with Gasteiger partial charge in [0.15, 0.2) is 0 Å². The number of carbonyl (C=O) groups is 2. The molecule has 1 aliphatic rings. The van der Waals surface area contributed by atoms with Gasteiger partial charge in [-0.05, 0) is 51.9 Å². The van der Waals surface area contributed by atoms with Crippen LogP contribution < -0.4 is 0 Å². The van der Waals surface area contributed by atoms with Crippen molar-refractivity contribution in [3.05, 3.63) is 0 Å². The van der Waals surface area contributed by atoms with Gasteiger partial charge in [0.1, 0.15) is 5.60 Å². The highest BCUT2D eigenvalue weighted by Gasteiger charge is 2.34. The second kappa shape index (κ2) is 10.8. The van der Waals surface area contributed by atoms with E-state index in [4.69, 9.17) is 9.84 Å². The molecule has 0 amide bonds. The minimum Gasteiger partial charge on any atom is -0.481 e. The summed E-state index contributed by atoms with van der Waals surface area (Å²) in [5.41, 5.74) is -0.438. The summed E-state index contributed by atoms with van der Waals surface area (Å²) in [6.45, 7) is 8.48. The molecule has 0 aromatic rings. The van der Waals surface area contributed by atoms with Gasteiger partial charge in [-0.25, -0.2) is 0 Å². The molecule has 0 heterocycles. The Hall–Kier alpha value is -1.06. The Morgan fingerprint density at radius 2 is 1.60 bits per heavy atom. The molecule has 0 aliphatic heterocycles. The molecule has 0 radical (unpaired) electrons. The van der Waals surface area contributed by atoms with Gasteiger partial charge in [0.2, 0.25) is 0 Å². The van der Waals surface area contributed by atoms with Gasteiger partial charge in [0.25, 0.3) is 0 Å². The third-order valence-corrected chi connectivity index (χ3v) is 5.48. The number of hydrogen-bond donors (Lipinski definition) is 1. The Bertz CT molecular complexity index is 408. The zero-order valence-electron chi connectivity index (χ0n) is 16.7. The highest BCUT2D eigenvalue weighted by molar-refractivity contribution is 5.74. The van der Waals surface area contributed by atoms with Crippen LogP contribution in [-0.2, 0) is 14.3 Å². The third-order valence-electron chi connectivity index (χ3n) is 5.48. The van der Waals surface area contributed by atoms with Crippen LogP contribution in [0.1, 0.15) is 98.3 Å². The molecule has 0 spiro atoms. The van der Waals surface area contributed by atoms with Gasteiger partial charge in [0, 0.05) is 0 Å². The summed E-state index contributed by atoms with van der Waals surface area (Å²) < 4.78 is 5.87. The summed E-state index contributed by atoms with van der Waals surface area (Å²) in [5, 5.41) is 9.07. The topological polar surface area (TPSA) is 63.6 Å². The molecule has 0 aromatic carbocycles. The molecule has 0 bridgehead atoms. The normalized spacial score (nSPS) is 22.4. The van der Waals surface area contributed by atoms with Crippen molar-refractivity contribution in [1.82, 2.24) is 0 Å². The van der Waals surface area contributed by atoms with Crippen LogP contribution >= 0.6 is 0 Å². The van der Waals surface area contributed by atoms with Crippen molar-refractivity contribution in [3.8, 4) is 0 Å². The SMILES string of the molecule is CCCCCC(CCC)CC(C)(C)OC(=O)C1CCC(C(=O)O)CC1. The molecule has 1 unspecified atom stereocenters. The predicted molar refractivity (Wildman–Crippen MR) is 100 cm³/mol. The number of rotatable bonds is 11. The lowest BCUT2D eigenvalue weighted by molar-refractivity contribution is -0.165. The molecule has 0 aromatic heterocycles. The molecule has 4 nitrogen and oxygen atoms in total.